The molecule has 1 N–H and O–H groups in total. The molecule has 0 aliphatic carbocycles. The van der Waals surface area contributed by atoms with Gasteiger partial charge in [0.2, 0.25) is 0 Å². The van der Waals surface area contributed by atoms with Gasteiger partial charge in [-0.25, -0.2) is 4.79 Å². The molecule has 2 amide bonds. The van der Waals surface area contributed by atoms with Crippen LogP contribution in [0.2, 0.25) is 0 Å². The molecule has 0 bridgehead atoms. The van der Waals surface area contributed by atoms with E-state index in [0.29, 0.717) is 29.9 Å². The van der Waals surface area contributed by atoms with Crippen molar-refractivity contribution in [1.29, 1.82) is 0 Å². The Labute approximate surface area is 131 Å². The SMILES string of the molecule is O=C1N=C(c2cccc([N+](=O)[O-])c2)CCN1c1ccccc1O. The van der Waals surface area contributed by atoms with E-state index in [1.54, 1.807) is 30.3 Å². The molecule has 0 unspecified atom stereocenters. The number of nitro groups is 1. The Bertz CT molecular complexity index is 816. The summed E-state index contributed by atoms with van der Waals surface area (Å²) in [7, 11) is 0. The first-order valence-corrected chi connectivity index (χ1v) is 6.98. The molecule has 0 radical (unpaired) electrons. The van der Waals surface area contributed by atoms with E-state index in [1.165, 1.54) is 23.1 Å². The fraction of sp³-hybridized carbons (Fsp3) is 0.125. The predicted octanol–water partition coefficient (Wildman–Crippen LogP) is 3.12. The fourth-order valence-electron chi connectivity index (χ4n) is 2.47. The van der Waals surface area contributed by atoms with Crippen LogP contribution in [0, 0.1) is 10.1 Å². The number of benzene rings is 2. The number of hydrogen-bond acceptors (Lipinski definition) is 4. The smallest absolute Gasteiger partial charge is 0.348 e. The van der Waals surface area contributed by atoms with Crippen LogP contribution in [0.4, 0.5) is 16.2 Å². The number of carbonyl (C=O) groups is 1. The molecule has 1 aliphatic heterocycles. The number of phenolic OH excluding ortho intramolecular Hbond substituents is 1. The minimum absolute atomic E-state index is 0.00912. The number of urea groups is 1. The normalized spacial score (nSPS) is 14.5. The zero-order chi connectivity index (χ0) is 16.4. The summed E-state index contributed by atoms with van der Waals surface area (Å²) in [6.07, 6.45) is 0.446. The zero-order valence-electron chi connectivity index (χ0n) is 12.0. The number of amides is 2. The van der Waals surface area contributed by atoms with Crippen molar-refractivity contribution in [2.75, 3.05) is 11.4 Å². The van der Waals surface area contributed by atoms with Crippen molar-refractivity contribution >= 4 is 23.1 Å². The second kappa shape index (κ2) is 5.88. The van der Waals surface area contributed by atoms with Crippen LogP contribution in [0.3, 0.4) is 0 Å². The number of non-ortho nitro benzene ring substituents is 1. The number of hydrogen-bond donors (Lipinski definition) is 1. The molecule has 23 heavy (non-hydrogen) atoms. The minimum atomic E-state index is -0.501. The van der Waals surface area contributed by atoms with E-state index in [-0.39, 0.29) is 11.4 Å². The predicted molar refractivity (Wildman–Crippen MR) is 85.1 cm³/mol. The standard InChI is InChI=1S/C16H13N3O4/c20-15-7-2-1-6-14(15)18-9-8-13(17-16(18)21)11-4-3-5-12(10-11)19(22)23/h1-7,10,20H,8-9H2. The fourth-order valence-corrected chi connectivity index (χ4v) is 2.47. The van der Waals surface area contributed by atoms with Crippen molar-refractivity contribution in [3.8, 4) is 5.75 Å². The average molecular weight is 311 g/mol. The Kier molecular flexibility index (Phi) is 3.76. The maximum absolute atomic E-state index is 12.2. The molecule has 2 aromatic rings. The van der Waals surface area contributed by atoms with Gasteiger partial charge in [0.1, 0.15) is 5.75 Å². The summed E-state index contributed by atoms with van der Waals surface area (Å²) in [6, 6.07) is 12.1. The molecule has 7 heteroatoms. The van der Waals surface area contributed by atoms with Gasteiger partial charge >= 0.3 is 6.03 Å². The zero-order valence-corrected chi connectivity index (χ0v) is 12.0. The Morgan fingerprint density at radius 3 is 2.65 bits per heavy atom. The third-order valence-corrected chi connectivity index (χ3v) is 3.60. The molecular formula is C16H13N3O4. The van der Waals surface area contributed by atoms with Crippen LogP contribution in [0.15, 0.2) is 53.5 Å². The van der Waals surface area contributed by atoms with Crippen LogP contribution in [0.1, 0.15) is 12.0 Å². The quantitative estimate of drug-likeness (QED) is 0.695. The second-order valence-electron chi connectivity index (χ2n) is 5.04. The number of rotatable bonds is 3. The molecule has 7 nitrogen and oxygen atoms in total. The number of phenols is 1. The van der Waals surface area contributed by atoms with Gasteiger partial charge in [-0.3, -0.25) is 15.0 Å². The molecule has 3 rings (SSSR count). The first-order chi connectivity index (χ1) is 11.1. The largest absolute Gasteiger partial charge is 0.506 e. The molecule has 1 aliphatic rings. The van der Waals surface area contributed by atoms with Crippen molar-refractivity contribution < 1.29 is 14.8 Å². The van der Waals surface area contributed by atoms with E-state index >= 15 is 0 Å². The second-order valence-corrected chi connectivity index (χ2v) is 5.04. The summed E-state index contributed by atoms with van der Waals surface area (Å²) in [6.45, 7) is 0.345. The third-order valence-electron chi connectivity index (χ3n) is 3.60. The summed E-state index contributed by atoms with van der Waals surface area (Å²) in [4.78, 5) is 28.0. The van der Waals surface area contributed by atoms with Crippen LogP contribution in [-0.4, -0.2) is 28.3 Å². The topological polar surface area (TPSA) is 96.0 Å². The van der Waals surface area contributed by atoms with E-state index in [2.05, 4.69) is 4.99 Å². The first-order valence-electron chi connectivity index (χ1n) is 6.98. The maximum Gasteiger partial charge on any atom is 0.348 e. The highest BCUT2D eigenvalue weighted by Gasteiger charge is 2.24. The van der Waals surface area contributed by atoms with Gasteiger partial charge in [0.05, 0.1) is 16.3 Å². The molecule has 0 fully saturated rings. The third kappa shape index (κ3) is 2.89. The van der Waals surface area contributed by atoms with Gasteiger partial charge < -0.3 is 5.11 Å². The van der Waals surface area contributed by atoms with Gasteiger partial charge in [0, 0.05) is 30.7 Å². The van der Waals surface area contributed by atoms with Crippen molar-refractivity contribution in [2.45, 2.75) is 6.42 Å². The molecular weight excluding hydrogens is 298 g/mol. The van der Waals surface area contributed by atoms with Gasteiger partial charge in [-0.2, -0.15) is 4.99 Å². The summed E-state index contributed by atoms with van der Waals surface area (Å²) < 4.78 is 0. The molecule has 1 heterocycles. The summed E-state index contributed by atoms with van der Waals surface area (Å²) in [5.74, 6) is 0.00912. The van der Waals surface area contributed by atoms with Gasteiger partial charge in [-0.1, -0.05) is 24.3 Å². The van der Waals surface area contributed by atoms with Crippen LogP contribution in [0.5, 0.6) is 5.75 Å². The highest BCUT2D eigenvalue weighted by atomic mass is 16.6. The lowest BCUT2D eigenvalue weighted by Crippen LogP contribution is -2.35. The van der Waals surface area contributed by atoms with E-state index in [1.807, 2.05) is 0 Å². The van der Waals surface area contributed by atoms with Crippen molar-refractivity contribution in [1.82, 2.24) is 0 Å². The minimum Gasteiger partial charge on any atom is -0.506 e. The Balaban J connectivity index is 1.90. The Morgan fingerprint density at radius 2 is 1.96 bits per heavy atom. The van der Waals surface area contributed by atoms with E-state index in [9.17, 15) is 20.0 Å². The number of para-hydroxylation sites is 2. The summed E-state index contributed by atoms with van der Waals surface area (Å²) >= 11 is 0. The van der Waals surface area contributed by atoms with E-state index < -0.39 is 11.0 Å². The van der Waals surface area contributed by atoms with Crippen molar-refractivity contribution in [2.24, 2.45) is 4.99 Å². The van der Waals surface area contributed by atoms with Gasteiger partial charge in [0.15, 0.2) is 0 Å². The lowest BCUT2D eigenvalue weighted by atomic mass is 10.0. The number of nitro benzene ring substituents is 1. The molecule has 0 saturated heterocycles. The highest BCUT2D eigenvalue weighted by Crippen LogP contribution is 2.29. The van der Waals surface area contributed by atoms with Crippen LogP contribution < -0.4 is 4.90 Å². The molecule has 0 atom stereocenters. The molecule has 0 aromatic heterocycles. The number of carbonyl (C=O) groups excluding carboxylic acids is 1. The van der Waals surface area contributed by atoms with Gasteiger partial charge in [0.25, 0.3) is 5.69 Å². The molecule has 0 saturated carbocycles. The Morgan fingerprint density at radius 1 is 1.17 bits per heavy atom. The first kappa shape index (κ1) is 14.7. The highest BCUT2D eigenvalue weighted by molar-refractivity contribution is 6.12. The number of aromatic hydroxyl groups is 1. The monoisotopic (exact) mass is 311 g/mol. The van der Waals surface area contributed by atoms with Gasteiger partial charge in [-0.15, -0.1) is 0 Å². The lowest BCUT2D eigenvalue weighted by Gasteiger charge is -2.25. The molecule has 0 spiro atoms. The average Bonchev–Trinajstić information content (AvgIpc) is 2.56. The summed E-state index contributed by atoms with van der Waals surface area (Å²) in [5.41, 5.74) is 1.43. The summed E-state index contributed by atoms with van der Waals surface area (Å²) in [5, 5.41) is 20.7. The van der Waals surface area contributed by atoms with E-state index in [0.717, 1.165) is 0 Å². The number of nitrogens with zero attached hydrogens (tertiary/aromatic N) is 3. The van der Waals surface area contributed by atoms with Gasteiger partial charge in [-0.05, 0) is 12.1 Å². The molecule has 116 valence electrons. The Hall–Kier alpha value is -3.22. The number of aliphatic imine (C=N–C) groups is 1. The van der Waals surface area contributed by atoms with Crippen LogP contribution >= 0.6 is 0 Å². The number of anilines is 1. The van der Waals surface area contributed by atoms with E-state index in [4.69, 9.17) is 0 Å². The van der Waals surface area contributed by atoms with Crippen LogP contribution in [-0.2, 0) is 0 Å². The maximum atomic E-state index is 12.2. The van der Waals surface area contributed by atoms with Crippen molar-refractivity contribution in [3.63, 3.8) is 0 Å². The van der Waals surface area contributed by atoms with Crippen molar-refractivity contribution in [3.05, 3.63) is 64.2 Å². The van der Waals surface area contributed by atoms with Crippen LogP contribution in [0.25, 0.3) is 0 Å². The molecule has 2 aromatic carbocycles. The lowest BCUT2D eigenvalue weighted by molar-refractivity contribution is -0.384.